The number of oxime groups is 1. The molecule has 0 bridgehead atoms. The summed E-state index contributed by atoms with van der Waals surface area (Å²) in [5.41, 5.74) is 0.906. The van der Waals surface area contributed by atoms with E-state index in [-0.39, 0.29) is 11.9 Å². The molecule has 1 N–H and O–H groups in total. The first-order valence-electron chi connectivity index (χ1n) is 8.66. The molecule has 1 fully saturated rings. The maximum absolute atomic E-state index is 11.9. The van der Waals surface area contributed by atoms with E-state index in [4.69, 9.17) is 9.47 Å². The second-order valence-electron chi connectivity index (χ2n) is 6.04. The largest absolute Gasteiger partial charge is 0.397 e. The lowest BCUT2D eigenvalue weighted by atomic mass is 10.1. The number of halogens is 1. The van der Waals surface area contributed by atoms with Gasteiger partial charge in [-0.1, -0.05) is 39.1 Å². The minimum Gasteiger partial charge on any atom is -0.397 e. The van der Waals surface area contributed by atoms with Crippen molar-refractivity contribution >= 4 is 51.6 Å². The summed E-state index contributed by atoms with van der Waals surface area (Å²) in [6.45, 7) is 1.97. The number of hydrogen-bond acceptors (Lipinski definition) is 9. The van der Waals surface area contributed by atoms with Gasteiger partial charge in [0.05, 0.1) is 5.69 Å². The molecule has 1 aliphatic heterocycles. The number of rotatable bonds is 7. The van der Waals surface area contributed by atoms with Gasteiger partial charge in [0.2, 0.25) is 18.1 Å². The van der Waals surface area contributed by atoms with Crippen molar-refractivity contribution in [1.29, 1.82) is 0 Å². The SMILES string of the molecule is CO/N=C(/c1nonc1NC1CCN(SC)CC1)N(C=O)c1cccc(Br)c1. The third-order valence-electron chi connectivity index (χ3n) is 4.35. The summed E-state index contributed by atoms with van der Waals surface area (Å²) in [5.74, 6) is 0.612. The highest BCUT2D eigenvalue weighted by Gasteiger charge is 2.27. The molecule has 3 rings (SSSR count). The van der Waals surface area contributed by atoms with Gasteiger partial charge in [-0.3, -0.25) is 14.0 Å². The van der Waals surface area contributed by atoms with E-state index in [1.807, 2.05) is 12.1 Å². The molecule has 0 aliphatic carbocycles. The van der Waals surface area contributed by atoms with Crippen LogP contribution < -0.4 is 10.2 Å². The van der Waals surface area contributed by atoms with Gasteiger partial charge in [0.15, 0.2) is 5.69 Å². The third-order valence-corrected chi connectivity index (χ3v) is 5.73. The number of amidine groups is 1. The lowest BCUT2D eigenvalue weighted by Crippen LogP contribution is -2.36. The van der Waals surface area contributed by atoms with Gasteiger partial charge < -0.3 is 10.2 Å². The average Bonchev–Trinajstić information content (AvgIpc) is 3.16. The van der Waals surface area contributed by atoms with Crippen molar-refractivity contribution in [2.24, 2.45) is 5.16 Å². The monoisotopic (exact) mass is 468 g/mol. The maximum atomic E-state index is 11.9. The Morgan fingerprint density at radius 2 is 2.25 bits per heavy atom. The Hall–Kier alpha value is -2.11. The number of nitrogens with one attached hydrogen (secondary N) is 1. The zero-order chi connectivity index (χ0) is 19.9. The maximum Gasteiger partial charge on any atom is 0.220 e. The molecule has 150 valence electrons. The van der Waals surface area contributed by atoms with Crippen LogP contribution in [-0.2, 0) is 9.63 Å². The number of amides is 1. The highest BCUT2D eigenvalue weighted by Crippen LogP contribution is 2.25. The van der Waals surface area contributed by atoms with Crippen LogP contribution in [-0.4, -0.2) is 59.4 Å². The number of anilines is 2. The molecule has 1 aliphatic rings. The molecule has 1 aromatic heterocycles. The number of carbonyl (C=O) groups is 1. The summed E-state index contributed by atoms with van der Waals surface area (Å²) in [6, 6.07) is 7.49. The number of carbonyl (C=O) groups excluding carboxylic acids is 1. The Bertz CT molecular complexity index is 825. The number of benzene rings is 1. The quantitative estimate of drug-likeness (QED) is 0.218. The van der Waals surface area contributed by atoms with Crippen LogP contribution in [0.4, 0.5) is 11.5 Å². The van der Waals surface area contributed by atoms with Crippen LogP contribution in [0.25, 0.3) is 0 Å². The van der Waals surface area contributed by atoms with Gasteiger partial charge >= 0.3 is 0 Å². The fraction of sp³-hybridized carbons (Fsp3) is 0.412. The predicted molar refractivity (Wildman–Crippen MR) is 112 cm³/mol. The Balaban J connectivity index is 1.84. The molecule has 2 aromatic rings. The van der Waals surface area contributed by atoms with Crippen LogP contribution in [0.5, 0.6) is 0 Å². The third kappa shape index (κ3) is 4.83. The minimum absolute atomic E-state index is 0.181. The molecule has 1 amide bonds. The standard InChI is InChI=1S/C17H21BrN6O3S/c1-26-22-17(24(11-25)14-5-3-4-12(18)10-14)15-16(21-27-20-15)19-13-6-8-23(28-2)9-7-13/h3-5,10-11,13H,6-9H2,1-2H3,(H,19,21)/b22-17-. The first-order chi connectivity index (χ1) is 13.7. The van der Waals surface area contributed by atoms with E-state index in [9.17, 15) is 4.79 Å². The zero-order valence-electron chi connectivity index (χ0n) is 15.5. The van der Waals surface area contributed by atoms with Crippen LogP contribution in [0.1, 0.15) is 18.5 Å². The molecule has 1 aromatic carbocycles. The van der Waals surface area contributed by atoms with E-state index in [0.717, 1.165) is 30.4 Å². The molecule has 2 heterocycles. The van der Waals surface area contributed by atoms with Crippen molar-refractivity contribution < 1.29 is 14.3 Å². The van der Waals surface area contributed by atoms with Crippen molar-refractivity contribution in [1.82, 2.24) is 14.6 Å². The Morgan fingerprint density at radius 3 is 2.89 bits per heavy atom. The molecule has 9 nitrogen and oxygen atoms in total. The Morgan fingerprint density at radius 1 is 1.46 bits per heavy atom. The Labute approximate surface area is 175 Å². The number of nitrogens with zero attached hydrogens (tertiary/aromatic N) is 5. The summed E-state index contributed by atoms with van der Waals surface area (Å²) < 4.78 is 8.09. The van der Waals surface area contributed by atoms with Crippen molar-refractivity contribution in [2.45, 2.75) is 18.9 Å². The van der Waals surface area contributed by atoms with E-state index in [2.05, 4.69) is 47.3 Å². The van der Waals surface area contributed by atoms with Crippen LogP contribution in [0.2, 0.25) is 0 Å². The number of aromatic nitrogens is 2. The summed E-state index contributed by atoms with van der Waals surface area (Å²) in [4.78, 5) is 18.2. The second kappa shape index (κ2) is 9.89. The van der Waals surface area contributed by atoms with Crippen molar-refractivity contribution in [3.05, 3.63) is 34.4 Å². The average molecular weight is 469 g/mol. The molecule has 0 atom stereocenters. The van der Waals surface area contributed by atoms with Gasteiger partial charge in [0.1, 0.15) is 7.11 Å². The molecule has 0 radical (unpaired) electrons. The van der Waals surface area contributed by atoms with E-state index in [1.54, 1.807) is 24.1 Å². The van der Waals surface area contributed by atoms with Gasteiger partial charge in [-0.15, -0.1) is 0 Å². The lowest BCUT2D eigenvalue weighted by Gasteiger charge is -2.30. The van der Waals surface area contributed by atoms with Gasteiger partial charge in [0.25, 0.3) is 0 Å². The Kier molecular flexibility index (Phi) is 7.29. The smallest absolute Gasteiger partial charge is 0.220 e. The highest BCUT2D eigenvalue weighted by molar-refractivity contribution is 9.10. The van der Waals surface area contributed by atoms with E-state index in [0.29, 0.717) is 23.6 Å². The van der Waals surface area contributed by atoms with Gasteiger partial charge in [0, 0.05) is 23.6 Å². The van der Waals surface area contributed by atoms with Gasteiger partial charge in [-0.2, -0.15) is 0 Å². The number of hydrogen-bond donors (Lipinski definition) is 1. The van der Waals surface area contributed by atoms with E-state index in [1.165, 1.54) is 12.0 Å². The fourth-order valence-electron chi connectivity index (χ4n) is 2.95. The van der Waals surface area contributed by atoms with Crippen molar-refractivity contribution in [3.8, 4) is 0 Å². The highest BCUT2D eigenvalue weighted by atomic mass is 79.9. The van der Waals surface area contributed by atoms with Crippen LogP contribution in [0, 0.1) is 0 Å². The zero-order valence-corrected chi connectivity index (χ0v) is 17.9. The van der Waals surface area contributed by atoms with Crippen LogP contribution in [0.3, 0.4) is 0 Å². The summed E-state index contributed by atoms with van der Waals surface area (Å²) >= 11 is 5.16. The summed E-state index contributed by atoms with van der Waals surface area (Å²) in [6.07, 6.45) is 4.66. The fourth-order valence-corrected chi connectivity index (χ4v) is 3.92. The molecular weight excluding hydrogens is 448 g/mol. The van der Waals surface area contributed by atoms with E-state index >= 15 is 0 Å². The van der Waals surface area contributed by atoms with Crippen LogP contribution in [0.15, 0.2) is 38.5 Å². The molecule has 11 heteroatoms. The topological polar surface area (TPSA) is 96.1 Å². The first kappa shape index (κ1) is 20.6. The molecule has 28 heavy (non-hydrogen) atoms. The van der Waals surface area contributed by atoms with Crippen LogP contribution >= 0.6 is 27.9 Å². The molecule has 1 saturated heterocycles. The van der Waals surface area contributed by atoms with E-state index < -0.39 is 0 Å². The van der Waals surface area contributed by atoms with Crippen molar-refractivity contribution in [3.63, 3.8) is 0 Å². The predicted octanol–water partition coefficient (Wildman–Crippen LogP) is 2.96. The minimum atomic E-state index is 0.181. The lowest BCUT2D eigenvalue weighted by molar-refractivity contribution is -0.106. The normalized spacial score (nSPS) is 16.0. The molecule has 0 spiro atoms. The molecule has 0 unspecified atom stereocenters. The van der Waals surface area contributed by atoms with Gasteiger partial charge in [-0.25, -0.2) is 4.63 Å². The molecule has 0 saturated carbocycles. The second-order valence-corrected chi connectivity index (χ2v) is 7.84. The molecular formula is C17H21BrN6O3S. The van der Waals surface area contributed by atoms with Crippen molar-refractivity contribution in [2.75, 3.05) is 36.7 Å². The summed E-state index contributed by atoms with van der Waals surface area (Å²) in [7, 11) is 1.41. The number of piperidine rings is 1. The summed E-state index contributed by atoms with van der Waals surface area (Å²) in [5, 5.41) is 15.3. The first-order valence-corrected chi connectivity index (χ1v) is 10.6. The van der Waals surface area contributed by atoms with Gasteiger partial charge in [-0.05, 0) is 47.6 Å².